The van der Waals surface area contributed by atoms with Crippen LogP contribution in [0.5, 0.6) is 0 Å². The van der Waals surface area contributed by atoms with Crippen LogP contribution in [0.3, 0.4) is 0 Å². The standard InChI is InChI=1S/C11H21N3OS/c12-10(14-5-7-16-8-6-14)13-9-11(15)3-1-2-4-11/h15H,1-9H2,(H2,12,13). The van der Waals surface area contributed by atoms with Gasteiger partial charge in [-0.3, -0.25) is 4.99 Å². The van der Waals surface area contributed by atoms with Gasteiger partial charge in [0.15, 0.2) is 5.96 Å². The van der Waals surface area contributed by atoms with Crippen LogP contribution in [0.1, 0.15) is 25.7 Å². The van der Waals surface area contributed by atoms with Crippen molar-refractivity contribution in [3.05, 3.63) is 0 Å². The second-order valence-corrected chi connectivity index (χ2v) is 5.93. The van der Waals surface area contributed by atoms with E-state index in [0.29, 0.717) is 12.5 Å². The Bertz CT molecular complexity index is 258. The third-order valence-electron chi connectivity index (χ3n) is 3.40. The van der Waals surface area contributed by atoms with Gasteiger partial charge < -0.3 is 15.7 Å². The predicted octanol–water partition coefficient (Wildman–Crippen LogP) is 0.655. The summed E-state index contributed by atoms with van der Waals surface area (Å²) in [6.07, 6.45) is 3.98. The second kappa shape index (κ2) is 5.27. The monoisotopic (exact) mass is 243 g/mol. The van der Waals surface area contributed by atoms with Crippen molar-refractivity contribution in [2.24, 2.45) is 10.7 Å². The molecule has 0 aromatic heterocycles. The molecule has 16 heavy (non-hydrogen) atoms. The highest BCUT2D eigenvalue weighted by Gasteiger charge is 2.30. The molecule has 1 aliphatic heterocycles. The first-order valence-corrected chi connectivity index (χ1v) is 7.20. The molecule has 2 aliphatic rings. The maximum absolute atomic E-state index is 10.2. The Morgan fingerprint density at radius 2 is 1.94 bits per heavy atom. The Morgan fingerprint density at radius 3 is 2.56 bits per heavy atom. The van der Waals surface area contributed by atoms with Gasteiger partial charge in [-0.15, -0.1) is 0 Å². The summed E-state index contributed by atoms with van der Waals surface area (Å²) in [5.74, 6) is 2.86. The van der Waals surface area contributed by atoms with Crippen molar-refractivity contribution in [3.63, 3.8) is 0 Å². The quantitative estimate of drug-likeness (QED) is 0.552. The molecule has 0 spiro atoms. The molecule has 3 N–H and O–H groups in total. The van der Waals surface area contributed by atoms with Crippen LogP contribution in [-0.2, 0) is 0 Å². The van der Waals surface area contributed by atoms with E-state index in [4.69, 9.17) is 5.73 Å². The molecule has 92 valence electrons. The SMILES string of the molecule is NC(=NCC1(O)CCCC1)N1CCSCC1. The van der Waals surface area contributed by atoms with Crippen LogP contribution < -0.4 is 5.73 Å². The fraction of sp³-hybridized carbons (Fsp3) is 0.909. The highest BCUT2D eigenvalue weighted by Crippen LogP contribution is 2.29. The van der Waals surface area contributed by atoms with Gasteiger partial charge in [-0.25, -0.2) is 0 Å². The minimum absolute atomic E-state index is 0.475. The molecular formula is C11H21N3OS. The Balaban J connectivity index is 1.85. The molecule has 1 aliphatic carbocycles. The topological polar surface area (TPSA) is 61.9 Å². The van der Waals surface area contributed by atoms with E-state index in [-0.39, 0.29) is 0 Å². The fourth-order valence-corrected chi connectivity index (χ4v) is 3.21. The zero-order chi connectivity index (χ0) is 11.4. The van der Waals surface area contributed by atoms with Gasteiger partial charge >= 0.3 is 0 Å². The third-order valence-corrected chi connectivity index (χ3v) is 4.35. The number of hydrogen-bond donors (Lipinski definition) is 2. The first-order chi connectivity index (χ1) is 7.70. The van der Waals surface area contributed by atoms with Gasteiger partial charge in [-0.2, -0.15) is 11.8 Å². The first-order valence-electron chi connectivity index (χ1n) is 6.05. The molecule has 2 fully saturated rings. The van der Waals surface area contributed by atoms with E-state index in [2.05, 4.69) is 9.89 Å². The van der Waals surface area contributed by atoms with Crippen LogP contribution in [0.25, 0.3) is 0 Å². The molecular weight excluding hydrogens is 222 g/mol. The number of rotatable bonds is 2. The van der Waals surface area contributed by atoms with Crippen LogP contribution >= 0.6 is 11.8 Å². The van der Waals surface area contributed by atoms with Gasteiger partial charge in [0, 0.05) is 24.6 Å². The molecule has 1 saturated heterocycles. The van der Waals surface area contributed by atoms with Gasteiger partial charge in [0.2, 0.25) is 0 Å². The second-order valence-electron chi connectivity index (χ2n) is 4.71. The molecule has 1 saturated carbocycles. The van der Waals surface area contributed by atoms with Crippen LogP contribution in [0.15, 0.2) is 4.99 Å². The van der Waals surface area contributed by atoms with E-state index >= 15 is 0 Å². The highest BCUT2D eigenvalue weighted by molar-refractivity contribution is 7.99. The van der Waals surface area contributed by atoms with Gasteiger partial charge in [0.1, 0.15) is 0 Å². The summed E-state index contributed by atoms with van der Waals surface area (Å²) in [6, 6.07) is 0. The van der Waals surface area contributed by atoms with Crippen molar-refractivity contribution >= 4 is 17.7 Å². The summed E-state index contributed by atoms with van der Waals surface area (Å²) < 4.78 is 0. The van der Waals surface area contributed by atoms with E-state index in [1.165, 1.54) is 0 Å². The molecule has 0 aromatic carbocycles. The maximum Gasteiger partial charge on any atom is 0.191 e. The minimum atomic E-state index is -0.574. The van der Waals surface area contributed by atoms with Crippen molar-refractivity contribution in [3.8, 4) is 0 Å². The summed E-state index contributed by atoms with van der Waals surface area (Å²) in [6.45, 7) is 2.44. The Kier molecular flexibility index (Phi) is 3.97. The predicted molar refractivity (Wildman–Crippen MR) is 68.8 cm³/mol. The smallest absolute Gasteiger partial charge is 0.191 e. The molecule has 5 heteroatoms. The van der Waals surface area contributed by atoms with Gasteiger partial charge in [0.25, 0.3) is 0 Å². The number of aliphatic hydroxyl groups is 1. The van der Waals surface area contributed by atoms with Crippen molar-refractivity contribution in [1.82, 2.24) is 4.90 Å². The summed E-state index contributed by atoms with van der Waals surface area (Å²) in [4.78, 5) is 6.48. The molecule has 0 atom stereocenters. The molecule has 0 amide bonds. The number of aliphatic imine (C=N–C) groups is 1. The average molecular weight is 243 g/mol. The lowest BCUT2D eigenvalue weighted by Crippen LogP contribution is -2.43. The lowest BCUT2D eigenvalue weighted by atomic mass is 10.0. The number of guanidine groups is 1. The number of hydrogen-bond acceptors (Lipinski definition) is 3. The Morgan fingerprint density at radius 1 is 1.31 bits per heavy atom. The number of thioether (sulfide) groups is 1. The lowest BCUT2D eigenvalue weighted by Gasteiger charge is -2.28. The lowest BCUT2D eigenvalue weighted by molar-refractivity contribution is 0.0572. The third kappa shape index (κ3) is 3.04. The van der Waals surface area contributed by atoms with E-state index < -0.39 is 5.60 Å². The molecule has 0 radical (unpaired) electrons. The Labute approximate surface area is 101 Å². The average Bonchev–Trinajstić information content (AvgIpc) is 2.75. The van der Waals surface area contributed by atoms with Crippen LogP contribution in [0.4, 0.5) is 0 Å². The molecule has 1 heterocycles. The van der Waals surface area contributed by atoms with Gasteiger partial charge in [-0.1, -0.05) is 12.8 Å². The highest BCUT2D eigenvalue weighted by atomic mass is 32.2. The molecule has 4 nitrogen and oxygen atoms in total. The largest absolute Gasteiger partial charge is 0.388 e. The van der Waals surface area contributed by atoms with Crippen LogP contribution in [0, 0.1) is 0 Å². The maximum atomic E-state index is 10.2. The summed E-state index contributed by atoms with van der Waals surface area (Å²) in [7, 11) is 0. The van der Waals surface area contributed by atoms with Crippen molar-refractivity contribution in [2.75, 3.05) is 31.1 Å². The summed E-state index contributed by atoms with van der Waals surface area (Å²) in [5, 5.41) is 10.2. The van der Waals surface area contributed by atoms with Crippen molar-refractivity contribution in [2.45, 2.75) is 31.3 Å². The van der Waals surface area contributed by atoms with E-state index in [9.17, 15) is 5.11 Å². The molecule has 0 aromatic rings. The van der Waals surface area contributed by atoms with Crippen LogP contribution in [0.2, 0.25) is 0 Å². The number of nitrogens with two attached hydrogens (primary N) is 1. The van der Waals surface area contributed by atoms with E-state index in [1.54, 1.807) is 0 Å². The molecule has 0 unspecified atom stereocenters. The van der Waals surface area contributed by atoms with Crippen molar-refractivity contribution in [1.29, 1.82) is 0 Å². The van der Waals surface area contributed by atoms with Crippen LogP contribution in [-0.4, -0.2) is 52.7 Å². The summed E-state index contributed by atoms with van der Waals surface area (Å²) in [5.41, 5.74) is 5.37. The zero-order valence-corrected chi connectivity index (χ0v) is 10.5. The fourth-order valence-electron chi connectivity index (χ4n) is 2.31. The van der Waals surface area contributed by atoms with Gasteiger partial charge in [0.05, 0.1) is 12.1 Å². The number of nitrogens with zero attached hydrogens (tertiary/aromatic N) is 2. The van der Waals surface area contributed by atoms with Crippen molar-refractivity contribution < 1.29 is 5.11 Å². The van der Waals surface area contributed by atoms with E-state index in [1.807, 2.05) is 11.8 Å². The first kappa shape index (κ1) is 12.0. The minimum Gasteiger partial charge on any atom is -0.388 e. The summed E-state index contributed by atoms with van der Waals surface area (Å²) >= 11 is 1.96. The van der Waals surface area contributed by atoms with E-state index in [0.717, 1.165) is 50.3 Å². The Hall–Kier alpha value is -0.420. The molecule has 0 bridgehead atoms. The van der Waals surface area contributed by atoms with Gasteiger partial charge in [-0.05, 0) is 12.8 Å². The zero-order valence-electron chi connectivity index (χ0n) is 9.69. The normalized spacial score (nSPS) is 26.1. The molecule has 2 rings (SSSR count).